The Hall–Kier alpha value is -1.02. The zero-order valence-corrected chi connectivity index (χ0v) is 12.4. The fraction of sp³-hybridized carbons (Fsp3) is 0.250. The van der Waals surface area contributed by atoms with E-state index in [2.05, 4.69) is 19.1 Å². The summed E-state index contributed by atoms with van der Waals surface area (Å²) < 4.78 is 0. The number of hydrogen-bond acceptors (Lipinski definition) is 1. The van der Waals surface area contributed by atoms with Gasteiger partial charge in [-0.2, -0.15) is 0 Å². The molecule has 19 heavy (non-hydrogen) atoms. The summed E-state index contributed by atoms with van der Waals surface area (Å²) in [5.41, 5.74) is 9.44. The molecule has 0 spiro atoms. The molecule has 3 heteroatoms. The minimum atomic E-state index is -0.294. The van der Waals surface area contributed by atoms with Gasteiger partial charge in [0.15, 0.2) is 0 Å². The molecule has 0 saturated carbocycles. The smallest absolute Gasteiger partial charge is 0.0581 e. The fourth-order valence-electron chi connectivity index (χ4n) is 2.21. The average molecular weight is 294 g/mol. The molecule has 0 aliphatic heterocycles. The van der Waals surface area contributed by atoms with Gasteiger partial charge in [-0.15, -0.1) is 0 Å². The zero-order valence-electron chi connectivity index (χ0n) is 10.9. The summed E-state index contributed by atoms with van der Waals surface area (Å²) in [6.07, 6.45) is 2.17. The molecule has 1 unspecified atom stereocenters. The van der Waals surface area contributed by atoms with Crippen molar-refractivity contribution in [1.82, 2.24) is 0 Å². The van der Waals surface area contributed by atoms with Crippen LogP contribution in [0, 0.1) is 0 Å². The number of rotatable bonds is 4. The van der Waals surface area contributed by atoms with Gasteiger partial charge < -0.3 is 5.73 Å². The third-order valence-corrected chi connectivity index (χ3v) is 3.82. The van der Waals surface area contributed by atoms with Crippen LogP contribution in [0.3, 0.4) is 0 Å². The van der Waals surface area contributed by atoms with E-state index in [1.807, 2.05) is 30.3 Å². The van der Waals surface area contributed by atoms with Crippen molar-refractivity contribution < 1.29 is 0 Å². The van der Waals surface area contributed by atoms with E-state index < -0.39 is 0 Å². The van der Waals surface area contributed by atoms with E-state index in [-0.39, 0.29) is 6.04 Å². The summed E-state index contributed by atoms with van der Waals surface area (Å²) in [5.74, 6) is 0. The first-order valence-corrected chi connectivity index (χ1v) is 7.17. The number of nitrogens with two attached hydrogens (primary N) is 1. The molecule has 0 radical (unpaired) electrons. The molecular weight excluding hydrogens is 277 g/mol. The van der Waals surface area contributed by atoms with Crippen LogP contribution >= 0.6 is 23.2 Å². The predicted octanol–water partition coefficient (Wildman–Crippen LogP) is 4.99. The number of hydrogen-bond donors (Lipinski definition) is 1. The lowest BCUT2D eigenvalue weighted by molar-refractivity contribution is 0.859. The molecule has 2 N–H and O–H groups in total. The largest absolute Gasteiger partial charge is 0.320 e. The van der Waals surface area contributed by atoms with Gasteiger partial charge in [-0.3, -0.25) is 0 Å². The molecule has 2 rings (SSSR count). The molecule has 2 aromatic carbocycles. The summed E-state index contributed by atoms with van der Waals surface area (Å²) in [4.78, 5) is 0. The van der Waals surface area contributed by atoms with Crippen molar-refractivity contribution in [3.8, 4) is 0 Å². The first kappa shape index (κ1) is 14.4. The Labute approximate surface area is 124 Å². The second-order valence-electron chi connectivity index (χ2n) is 4.61. The van der Waals surface area contributed by atoms with Crippen molar-refractivity contribution in [3.63, 3.8) is 0 Å². The summed E-state index contributed by atoms with van der Waals surface area (Å²) in [6.45, 7) is 2.16. The third kappa shape index (κ3) is 3.30. The van der Waals surface area contributed by atoms with Crippen LogP contribution in [0.25, 0.3) is 0 Å². The van der Waals surface area contributed by atoms with E-state index in [0.717, 1.165) is 24.0 Å². The molecule has 0 aliphatic carbocycles. The molecular formula is C16H17Cl2N. The molecule has 0 bridgehead atoms. The molecule has 1 nitrogen and oxygen atoms in total. The van der Waals surface area contributed by atoms with Gasteiger partial charge in [0.25, 0.3) is 0 Å². The normalized spacial score (nSPS) is 12.4. The van der Waals surface area contributed by atoms with Crippen LogP contribution in [-0.4, -0.2) is 0 Å². The lowest BCUT2D eigenvalue weighted by Gasteiger charge is -2.16. The van der Waals surface area contributed by atoms with Crippen molar-refractivity contribution in [2.45, 2.75) is 25.8 Å². The van der Waals surface area contributed by atoms with Gasteiger partial charge in [-0.25, -0.2) is 0 Å². The minimum Gasteiger partial charge on any atom is -0.320 e. The monoisotopic (exact) mass is 293 g/mol. The van der Waals surface area contributed by atoms with Gasteiger partial charge in [0.2, 0.25) is 0 Å². The summed E-state index contributed by atoms with van der Waals surface area (Å²) in [6, 6.07) is 13.5. The van der Waals surface area contributed by atoms with Gasteiger partial charge in [0, 0.05) is 15.6 Å². The minimum absolute atomic E-state index is 0.294. The van der Waals surface area contributed by atoms with E-state index in [1.165, 1.54) is 5.56 Å². The zero-order chi connectivity index (χ0) is 13.8. The Morgan fingerprint density at radius 2 is 1.68 bits per heavy atom. The SMILES string of the molecule is CCCc1cccc(C(N)c2c(Cl)cccc2Cl)c1. The standard InChI is InChI=1S/C16H17Cl2N/c1-2-5-11-6-3-7-12(10-11)16(19)15-13(17)8-4-9-14(15)18/h3-4,6-10,16H,2,5,19H2,1H3. The van der Waals surface area contributed by atoms with Crippen molar-refractivity contribution in [1.29, 1.82) is 0 Å². The first-order valence-electron chi connectivity index (χ1n) is 6.41. The van der Waals surface area contributed by atoms with Crippen LogP contribution in [0.1, 0.15) is 36.1 Å². The van der Waals surface area contributed by atoms with Crippen LogP contribution in [0.2, 0.25) is 10.0 Å². The lowest BCUT2D eigenvalue weighted by Crippen LogP contribution is -2.13. The Morgan fingerprint density at radius 3 is 2.32 bits per heavy atom. The highest BCUT2D eigenvalue weighted by molar-refractivity contribution is 6.36. The van der Waals surface area contributed by atoms with Crippen LogP contribution in [0.4, 0.5) is 0 Å². The average Bonchev–Trinajstić information content (AvgIpc) is 2.39. The van der Waals surface area contributed by atoms with E-state index in [9.17, 15) is 0 Å². The van der Waals surface area contributed by atoms with Gasteiger partial charge in [-0.1, -0.05) is 66.9 Å². The van der Waals surface area contributed by atoms with Gasteiger partial charge in [0.1, 0.15) is 0 Å². The van der Waals surface area contributed by atoms with Crippen LogP contribution in [0.15, 0.2) is 42.5 Å². The highest BCUT2D eigenvalue weighted by atomic mass is 35.5. The Balaban J connectivity index is 2.38. The van der Waals surface area contributed by atoms with Crippen LogP contribution in [-0.2, 0) is 6.42 Å². The number of benzene rings is 2. The maximum absolute atomic E-state index is 6.31. The van der Waals surface area contributed by atoms with Crippen molar-refractivity contribution in [2.75, 3.05) is 0 Å². The third-order valence-electron chi connectivity index (χ3n) is 3.16. The van der Waals surface area contributed by atoms with E-state index in [1.54, 1.807) is 0 Å². The Morgan fingerprint density at radius 1 is 1.05 bits per heavy atom. The van der Waals surface area contributed by atoms with Gasteiger partial charge >= 0.3 is 0 Å². The van der Waals surface area contributed by atoms with E-state index in [4.69, 9.17) is 28.9 Å². The summed E-state index contributed by atoms with van der Waals surface area (Å²) in [5, 5.41) is 1.22. The highest BCUT2D eigenvalue weighted by Crippen LogP contribution is 2.32. The van der Waals surface area contributed by atoms with E-state index in [0.29, 0.717) is 10.0 Å². The highest BCUT2D eigenvalue weighted by Gasteiger charge is 2.16. The topological polar surface area (TPSA) is 26.0 Å². The Bertz CT molecular complexity index is 546. The summed E-state index contributed by atoms with van der Waals surface area (Å²) in [7, 11) is 0. The molecule has 0 heterocycles. The second-order valence-corrected chi connectivity index (χ2v) is 5.42. The lowest BCUT2D eigenvalue weighted by atomic mass is 9.97. The van der Waals surface area contributed by atoms with Crippen LogP contribution in [0.5, 0.6) is 0 Å². The molecule has 0 aliphatic rings. The van der Waals surface area contributed by atoms with Gasteiger partial charge in [0.05, 0.1) is 6.04 Å². The quantitative estimate of drug-likeness (QED) is 0.844. The first-order chi connectivity index (χ1) is 9.13. The molecule has 1 atom stereocenters. The van der Waals surface area contributed by atoms with Gasteiger partial charge in [-0.05, 0) is 29.7 Å². The fourth-order valence-corrected chi connectivity index (χ4v) is 2.84. The maximum Gasteiger partial charge on any atom is 0.0581 e. The van der Waals surface area contributed by atoms with Crippen LogP contribution < -0.4 is 5.73 Å². The number of aryl methyl sites for hydroxylation is 1. The molecule has 100 valence electrons. The molecule has 2 aromatic rings. The van der Waals surface area contributed by atoms with Crippen molar-refractivity contribution >= 4 is 23.2 Å². The Kier molecular flexibility index (Phi) is 4.87. The van der Waals surface area contributed by atoms with Crippen molar-refractivity contribution in [2.24, 2.45) is 5.73 Å². The molecule has 0 saturated heterocycles. The second kappa shape index (κ2) is 6.42. The summed E-state index contributed by atoms with van der Waals surface area (Å²) >= 11 is 12.4. The van der Waals surface area contributed by atoms with Crippen molar-refractivity contribution in [3.05, 3.63) is 69.2 Å². The molecule has 0 fully saturated rings. The molecule has 0 amide bonds. The predicted molar refractivity (Wildman–Crippen MR) is 82.9 cm³/mol. The van der Waals surface area contributed by atoms with E-state index >= 15 is 0 Å². The molecule has 0 aromatic heterocycles. The maximum atomic E-state index is 6.31. The number of halogens is 2.